The lowest BCUT2D eigenvalue weighted by Crippen LogP contribution is -2.25. The number of hydrogen-bond acceptors (Lipinski definition) is 5. The Morgan fingerprint density at radius 2 is 2.22 bits per heavy atom. The first-order chi connectivity index (χ1) is 8.49. The third-order valence-electron chi connectivity index (χ3n) is 2.54. The van der Waals surface area contributed by atoms with Crippen molar-refractivity contribution in [1.29, 1.82) is 0 Å². The molecule has 0 aliphatic carbocycles. The van der Waals surface area contributed by atoms with Crippen LogP contribution in [0.15, 0.2) is 16.3 Å². The molecule has 3 N–H and O–H groups in total. The number of nitrogens with one attached hydrogen (secondary N) is 1. The highest BCUT2D eigenvalue weighted by atomic mass is 32.2. The molecule has 104 valence electrons. The molecule has 1 atom stereocenters. The summed E-state index contributed by atoms with van der Waals surface area (Å²) < 4.78 is 27.0. The van der Waals surface area contributed by atoms with Crippen LogP contribution in [0.3, 0.4) is 0 Å². The molecule has 7 heteroatoms. The normalized spacial score (nSPS) is 13.7. The first-order valence-corrected chi connectivity index (χ1v) is 9.39. The fourth-order valence-corrected chi connectivity index (χ4v) is 4.18. The molecular weight excluding hydrogens is 288 g/mol. The van der Waals surface area contributed by atoms with E-state index in [0.717, 1.165) is 17.7 Å². The van der Waals surface area contributed by atoms with Crippen molar-refractivity contribution in [3.63, 3.8) is 0 Å². The van der Waals surface area contributed by atoms with Gasteiger partial charge in [0, 0.05) is 16.7 Å². The second-order valence-corrected chi connectivity index (χ2v) is 8.43. The Labute approximate surface area is 117 Å². The predicted octanol–water partition coefficient (Wildman–Crippen LogP) is 1.67. The highest BCUT2D eigenvalue weighted by Gasteiger charge is 2.16. The van der Waals surface area contributed by atoms with Gasteiger partial charge < -0.3 is 5.73 Å². The molecular formula is C11H20N2O2S3. The summed E-state index contributed by atoms with van der Waals surface area (Å²) in [6.07, 6.45) is 3.59. The van der Waals surface area contributed by atoms with Crippen molar-refractivity contribution >= 4 is 33.1 Å². The predicted molar refractivity (Wildman–Crippen MR) is 79.9 cm³/mol. The summed E-state index contributed by atoms with van der Waals surface area (Å²) in [7, 11) is -3.34. The highest BCUT2D eigenvalue weighted by Crippen LogP contribution is 2.21. The monoisotopic (exact) mass is 308 g/mol. The van der Waals surface area contributed by atoms with Gasteiger partial charge in [0.25, 0.3) is 0 Å². The molecule has 0 bridgehead atoms. The molecule has 4 nitrogen and oxygen atoms in total. The summed E-state index contributed by atoms with van der Waals surface area (Å²) >= 11 is 3.03. The number of rotatable bonds is 8. The molecule has 0 radical (unpaired) electrons. The maximum absolute atomic E-state index is 12.0. The van der Waals surface area contributed by atoms with Crippen LogP contribution in [0.1, 0.15) is 18.2 Å². The van der Waals surface area contributed by atoms with E-state index >= 15 is 0 Å². The molecule has 1 aromatic heterocycles. The third-order valence-corrected chi connectivity index (χ3v) is 6.68. The zero-order valence-corrected chi connectivity index (χ0v) is 13.1. The van der Waals surface area contributed by atoms with Gasteiger partial charge in [-0.1, -0.05) is 6.92 Å². The van der Waals surface area contributed by atoms with E-state index < -0.39 is 10.0 Å². The average Bonchev–Trinajstić information content (AvgIpc) is 2.78. The number of thiophene rings is 1. The number of hydrogen-bond donors (Lipinski definition) is 2. The minimum atomic E-state index is -3.34. The summed E-state index contributed by atoms with van der Waals surface area (Å²) in [6.45, 7) is 3.11. The third kappa shape index (κ3) is 4.89. The van der Waals surface area contributed by atoms with Crippen molar-refractivity contribution in [3.05, 3.63) is 17.0 Å². The van der Waals surface area contributed by atoms with Crippen molar-refractivity contribution in [1.82, 2.24) is 4.72 Å². The van der Waals surface area contributed by atoms with Gasteiger partial charge in [0.2, 0.25) is 10.0 Å². The Morgan fingerprint density at radius 3 is 2.83 bits per heavy atom. The minimum Gasteiger partial charge on any atom is -0.330 e. The van der Waals surface area contributed by atoms with Crippen LogP contribution < -0.4 is 10.5 Å². The Hall–Kier alpha value is -0.0800. The molecule has 1 rings (SSSR count). The van der Waals surface area contributed by atoms with Crippen LogP contribution in [0.25, 0.3) is 0 Å². The van der Waals surface area contributed by atoms with E-state index in [1.807, 2.05) is 12.3 Å². The molecule has 1 heterocycles. The van der Waals surface area contributed by atoms with Gasteiger partial charge in [0.05, 0.1) is 0 Å². The number of sulfonamides is 1. The molecule has 0 fully saturated rings. The van der Waals surface area contributed by atoms with Gasteiger partial charge in [-0.3, -0.25) is 0 Å². The van der Waals surface area contributed by atoms with E-state index in [-0.39, 0.29) is 0 Å². The Morgan fingerprint density at radius 1 is 1.50 bits per heavy atom. The van der Waals surface area contributed by atoms with Crippen molar-refractivity contribution in [2.24, 2.45) is 5.73 Å². The van der Waals surface area contributed by atoms with E-state index in [4.69, 9.17) is 5.73 Å². The summed E-state index contributed by atoms with van der Waals surface area (Å²) in [5, 5.41) is 0.462. The van der Waals surface area contributed by atoms with Crippen LogP contribution in [0.2, 0.25) is 0 Å². The van der Waals surface area contributed by atoms with Crippen LogP contribution in [0.4, 0.5) is 0 Å². The van der Waals surface area contributed by atoms with Gasteiger partial charge in [-0.2, -0.15) is 11.8 Å². The molecule has 18 heavy (non-hydrogen) atoms. The first-order valence-electron chi connectivity index (χ1n) is 5.81. The quantitative estimate of drug-likeness (QED) is 0.766. The lowest BCUT2D eigenvalue weighted by atomic mass is 10.3. The fraction of sp³-hybridized carbons (Fsp3) is 0.636. The topological polar surface area (TPSA) is 72.2 Å². The van der Waals surface area contributed by atoms with Crippen LogP contribution in [-0.2, 0) is 16.4 Å². The van der Waals surface area contributed by atoms with Crippen LogP contribution in [-0.4, -0.2) is 33.0 Å². The van der Waals surface area contributed by atoms with Gasteiger partial charge >= 0.3 is 0 Å². The summed E-state index contributed by atoms with van der Waals surface area (Å²) in [5.41, 5.74) is 5.45. The van der Waals surface area contributed by atoms with Crippen LogP contribution in [0, 0.1) is 0 Å². The zero-order chi connectivity index (χ0) is 13.6. The average molecular weight is 308 g/mol. The van der Waals surface area contributed by atoms with Crippen molar-refractivity contribution in [2.75, 3.05) is 19.3 Å². The maximum Gasteiger partial charge on any atom is 0.250 e. The SMILES string of the molecule is CSC(C)CCNS(=O)(=O)c1ccc(CCN)s1. The van der Waals surface area contributed by atoms with Gasteiger partial charge in [-0.05, 0) is 37.8 Å². The smallest absolute Gasteiger partial charge is 0.250 e. The lowest BCUT2D eigenvalue weighted by Gasteiger charge is -2.08. The molecule has 0 amide bonds. The second kappa shape index (κ2) is 7.49. The Kier molecular flexibility index (Phi) is 6.65. The molecule has 1 aromatic rings. The van der Waals surface area contributed by atoms with Crippen LogP contribution in [0.5, 0.6) is 0 Å². The summed E-state index contributed by atoms with van der Waals surface area (Å²) in [4.78, 5) is 1.01. The molecule has 1 unspecified atom stereocenters. The molecule has 0 aliphatic heterocycles. The van der Waals surface area contributed by atoms with E-state index in [9.17, 15) is 8.42 Å². The number of nitrogens with two attached hydrogens (primary N) is 1. The molecule has 0 saturated heterocycles. The van der Waals surface area contributed by atoms with Crippen molar-refractivity contribution in [2.45, 2.75) is 29.2 Å². The molecule has 0 saturated carbocycles. The second-order valence-electron chi connectivity index (χ2n) is 3.99. The van der Waals surface area contributed by atoms with E-state index in [0.29, 0.717) is 22.5 Å². The summed E-state index contributed by atoms with van der Waals surface area (Å²) in [5.74, 6) is 0. The number of thioether (sulfide) groups is 1. The standard InChI is InChI=1S/C11H20N2O2S3/c1-9(16-2)6-8-13-18(14,15)11-4-3-10(17-11)5-7-12/h3-4,9,13H,5-8,12H2,1-2H3. The minimum absolute atomic E-state index is 0.378. The first kappa shape index (κ1) is 16.0. The van der Waals surface area contributed by atoms with Crippen molar-refractivity contribution in [3.8, 4) is 0 Å². The maximum atomic E-state index is 12.0. The van der Waals surface area contributed by atoms with Gasteiger partial charge in [-0.15, -0.1) is 11.3 Å². The van der Waals surface area contributed by atoms with E-state index in [1.165, 1.54) is 11.3 Å². The van der Waals surface area contributed by atoms with Crippen molar-refractivity contribution < 1.29 is 8.42 Å². The molecule has 0 aliphatic rings. The zero-order valence-electron chi connectivity index (χ0n) is 10.7. The Balaban J connectivity index is 2.56. The Bertz CT molecular complexity index is 457. The summed E-state index contributed by atoms with van der Waals surface area (Å²) in [6, 6.07) is 3.48. The fourth-order valence-electron chi connectivity index (χ4n) is 1.36. The highest BCUT2D eigenvalue weighted by molar-refractivity contribution is 7.99. The largest absolute Gasteiger partial charge is 0.330 e. The van der Waals surface area contributed by atoms with Gasteiger partial charge in [0.15, 0.2) is 0 Å². The van der Waals surface area contributed by atoms with E-state index in [2.05, 4.69) is 11.6 Å². The molecule has 0 spiro atoms. The van der Waals surface area contributed by atoms with E-state index in [1.54, 1.807) is 17.8 Å². The van der Waals surface area contributed by atoms with Gasteiger partial charge in [0.1, 0.15) is 4.21 Å². The van der Waals surface area contributed by atoms with Gasteiger partial charge in [-0.25, -0.2) is 13.1 Å². The lowest BCUT2D eigenvalue weighted by molar-refractivity contribution is 0.581. The van der Waals surface area contributed by atoms with Crippen LogP contribution >= 0.6 is 23.1 Å². The molecule has 0 aromatic carbocycles.